The maximum atomic E-state index is 12.7. The van der Waals surface area contributed by atoms with Crippen molar-refractivity contribution in [3.8, 4) is 0 Å². The fourth-order valence-corrected chi connectivity index (χ4v) is 6.55. The van der Waals surface area contributed by atoms with Gasteiger partial charge in [-0.15, -0.1) is 0 Å². The summed E-state index contributed by atoms with van der Waals surface area (Å²) in [4.78, 5) is 36.8. The number of hydrogen-bond donors (Lipinski definition) is 0. The summed E-state index contributed by atoms with van der Waals surface area (Å²) in [6.07, 6.45) is 45.7. The van der Waals surface area contributed by atoms with Gasteiger partial charge in [0.1, 0.15) is 12.6 Å². The molecule has 0 aromatic rings. The third kappa shape index (κ3) is 36.9. The topological polar surface area (TPSA) is 102 Å². The third-order valence-electron chi connectivity index (χ3n) is 10.1. The molecule has 2 atom stereocenters. The minimum Gasteiger partial charge on any atom is -0.544 e. The van der Waals surface area contributed by atoms with Gasteiger partial charge in [-0.25, -0.2) is 0 Å². The van der Waals surface area contributed by atoms with Gasteiger partial charge in [-0.05, 0) is 32.1 Å². The van der Waals surface area contributed by atoms with Gasteiger partial charge in [0.05, 0.1) is 40.3 Å². The Morgan fingerprint density at radius 1 is 0.554 bits per heavy atom. The fraction of sp³-hybridized carbons (Fsp3) is 0.771. The average Bonchev–Trinajstić information content (AvgIpc) is 3.15. The lowest BCUT2D eigenvalue weighted by Gasteiger charge is -2.34. The number of carboxylic acids is 1. The van der Waals surface area contributed by atoms with Gasteiger partial charge in [-0.1, -0.05) is 184 Å². The molecule has 0 heterocycles. The molecule has 0 amide bonds. The second-order valence-corrected chi connectivity index (χ2v) is 16.4. The van der Waals surface area contributed by atoms with E-state index >= 15 is 0 Å². The molecule has 0 aromatic carbocycles. The van der Waals surface area contributed by atoms with Crippen LogP contribution < -0.4 is 5.11 Å². The highest BCUT2D eigenvalue weighted by Gasteiger charge is 2.25. The molecule has 0 spiro atoms. The highest BCUT2D eigenvalue weighted by Crippen LogP contribution is 2.16. The normalized spacial score (nSPS) is 13.4. The maximum Gasteiger partial charge on any atom is 0.306 e. The van der Waals surface area contributed by atoms with E-state index in [9.17, 15) is 19.5 Å². The van der Waals surface area contributed by atoms with Gasteiger partial charge in [-0.2, -0.15) is 0 Å². The highest BCUT2D eigenvalue weighted by molar-refractivity contribution is 5.70. The number of carboxylic acid groups (broad SMARTS) is 1. The van der Waals surface area contributed by atoms with Gasteiger partial charge in [0.25, 0.3) is 0 Å². The van der Waals surface area contributed by atoms with Crippen LogP contribution in [0.2, 0.25) is 0 Å². The zero-order valence-corrected chi connectivity index (χ0v) is 36.8. The quantitative estimate of drug-likeness (QED) is 0.0264. The van der Waals surface area contributed by atoms with Crippen LogP contribution in [0.15, 0.2) is 48.6 Å². The minimum atomic E-state index is -1.13. The molecule has 2 unspecified atom stereocenters. The Labute approximate surface area is 344 Å². The van der Waals surface area contributed by atoms with Crippen LogP contribution in [0.5, 0.6) is 0 Å². The number of hydrogen-bond acceptors (Lipinski definition) is 7. The number of unbranched alkanes of at least 4 members (excludes halogenated alkanes) is 21. The molecule has 0 saturated heterocycles. The van der Waals surface area contributed by atoms with E-state index in [1.54, 1.807) is 21.1 Å². The SMILES string of the molecule is CC/C=C/C=C/C=C/C=C/CCCCCC(=O)OCC(COCCC(C(=O)[O-])[N+](C)(C)C)OC(=O)CCCCCCCCCCCCCCCCCCCCC. The summed E-state index contributed by atoms with van der Waals surface area (Å²) < 4.78 is 17.1. The van der Waals surface area contributed by atoms with Crippen LogP contribution in [0.4, 0.5) is 0 Å². The lowest BCUT2D eigenvalue weighted by atomic mass is 10.0. The Bertz CT molecular complexity index is 1060. The second-order valence-electron chi connectivity index (χ2n) is 16.4. The molecule has 0 aliphatic rings. The smallest absolute Gasteiger partial charge is 0.306 e. The summed E-state index contributed by atoms with van der Waals surface area (Å²) >= 11 is 0. The summed E-state index contributed by atoms with van der Waals surface area (Å²) in [6.45, 7) is 4.49. The van der Waals surface area contributed by atoms with Crippen molar-refractivity contribution < 1.29 is 38.2 Å². The van der Waals surface area contributed by atoms with Crippen molar-refractivity contribution >= 4 is 17.9 Å². The van der Waals surface area contributed by atoms with Gasteiger partial charge < -0.3 is 28.6 Å². The molecule has 0 fully saturated rings. The minimum absolute atomic E-state index is 0.0289. The highest BCUT2D eigenvalue weighted by atomic mass is 16.6. The Hall–Kier alpha value is -2.71. The lowest BCUT2D eigenvalue weighted by molar-refractivity contribution is -0.889. The molecule has 0 saturated carbocycles. The number of carbonyl (C=O) groups is 3. The molecule has 56 heavy (non-hydrogen) atoms. The summed E-state index contributed by atoms with van der Waals surface area (Å²) in [5, 5.41) is 11.6. The van der Waals surface area contributed by atoms with E-state index in [1.807, 2.05) is 36.5 Å². The van der Waals surface area contributed by atoms with Crippen LogP contribution in [-0.2, 0) is 28.6 Å². The number of nitrogens with zero attached hydrogens (tertiary/aromatic N) is 1. The van der Waals surface area contributed by atoms with Crippen molar-refractivity contribution in [2.45, 2.75) is 199 Å². The molecule has 0 N–H and O–H groups in total. The number of ether oxygens (including phenoxy) is 3. The Morgan fingerprint density at radius 3 is 1.48 bits per heavy atom. The largest absolute Gasteiger partial charge is 0.544 e. The molecule has 8 nitrogen and oxygen atoms in total. The first-order valence-electron chi connectivity index (χ1n) is 22.7. The Kier molecular flexibility index (Phi) is 37.2. The van der Waals surface area contributed by atoms with Crippen LogP contribution in [0.3, 0.4) is 0 Å². The first-order valence-corrected chi connectivity index (χ1v) is 22.7. The van der Waals surface area contributed by atoms with Crippen LogP contribution in [0.25, 0.3) is 0 Å². The summed E-state index contributed by atoms with van der Waals surface area (Å²) in [7, 11) is 5.39. The van der Waals surface area contributed by atoms with Gasteiger partial charge in [0, 0.05) is 19.3 Å². The summed E-state index contributed by atoms with van der Waals surface area (Å²) in [5.74, 6) is -1.78. The molecular formula is C48H85NO7. The van der Waals surface area contributed by atoms with Crippen LogP contribution in [0, 0.1) is 0 Å². The molecular weight excluding hydrogens is 703 g/mol. The predicted molar refractivity (Wildman–Crippen MR) is 231 cm³/mol. The van der Waals surface area contributed by atoms with Gasteiger partial charge >= 0.3 is 11.9 Å². The standard InChI is InChI=1S/C48H85NO7/c1-6-8-10-12-14-16-18-20-21-22-23-24-25-27-29-31-33-35-37-39-47(51)56-44(42-54-41-40-45(48(52)53)49(3,4)5)43-55-46(50)38-36-34-32-30-28-26-19-17-15-13-11-9-7-2/h9,11,13,15,17,19,26,28,44-45H,6-8,10,12,14,16,18,20-25,27,29-43H2,1-5H3/b11-9+,15-13+,19-17+,28-26+. The van der Waals surface area contributed by atoms with Crippen molar-refractivity contribution in [2.75, 3.05) is 41.0 Å². The number of esters is 2. The number of likely N-dealkylation sites (N-methyl/N-ethyl adjacent to an activating group) is 1. The van der Waals surface area contributed by atoms with Crippen molar-refractivity contribution in [3.05, 3.63) is 48.6 Å². The van der Waals surface area contributed by atoms with Crippen molar-refractivity contribution in [3.63, 3.8) is 0 Å². The van der Waals surface area contributed by atoms with Gasteiger partial charge in [0.15, 0.2) is 6.10 Å². The zero-order valence-electron chi connectivity index (χ0n) is 36.8. The summed E-state index contributed by atoms with van der Waals surface area (Å²) in [6, 6.07) is -0.731. The fourth-order valence-electron chi connectivity index (χ4n) is 6.55. The predicted octanol–water partition coefficient (Wildman–Crippen LogP) is 11.1. The Balaban J connectivity index is 4.32. The molecule has 0 aliphatic carbocycles. The summed E-state index contributed by atoms with van der Waals surface area (Å²) in [5.41, 5.74) is 0. The van der Waals surface area contributed by atoms with Crippen molar-refractivity contribution in [1.29, 1.82) is 0 Å². The van der Waals surface area contributed by atoms with Crippen LogP contribution in [0.1, 0.15) is 187 Å². The second kappa shape index (κ2) is 39.1. The monoisotopic (exact) mass is 788 g/mol. The molecule has 0 rings (SSSR count). The first-order chi connectivity index (χ1) is 27.1. The molecule has 0 aliphatic heterocycles. The number of allylic oxidation sites excluding steroid dienone is 8. The molecule has 0 bridgehead atoms. The van der Waals surface area contributed by atoms with Crippen molar-refractivity contribution in [1.82, 2.24) is 0 Å². The van der Waals surface area contributed by atoms with E-state index in [4.69, 9.17) is 14.2 Å². The van der Waals surface area contributed by atoms with E-state index in [2.05, 4.69) is 26.0 Å². The maximum absolute atomic E-state index is 12.7. The number of quaternary nitrogens is 1. The zero-order chi connectivity index (χ0) is 41.4. The average molecular weight is 788 g/mol. The molecule has 8 heteroatoms. The molecule has 324 valence electrons. The number of aliphatic carboxylic acids is 1. The number of rotatable bonds is 40. The van der Waals surface area contributed by atoms with E-state index in [-0.39, 0.29) is 42.7 Å². The lowest BCUT2D eigenvalue weighted by Crippen LogP contribution is -2.55. The Morgan fingerprint density at radius 2 is 1.00 bits per heavy atom. The number of carbonyl (C=O) groups excluding carboxylic acids is 3. The molecule has 0 aromatic heterocycles. The van der Waals surface area contributed by atoms with Crippen LogP contribution in [-0.4, -0.2) is 75.5 Å². The van der Waals surface area contributed by atoms with Crippen LogP contribution >= 0.6 is 0 Å². The van der Waals surface area contributed by atoms with E-state index in [0.717, 1.165) is 51.4 Å². The van der Waals surface area contributed by atoms with E-state index < -0.39 is 18.1 Å². The third-order valence-corrected chi connectivity index (χ3v) is 10.1. The van der Waals surface area contributed by atoms with Gasteiger partial charge in [-0.3, -0.25) is 9.59 Å². The molecule has 0 radical (unpaired) electrons. The van der Waals surface area contributed by atoms with E-state index in [0.29, 0.717) is 12.8 Å². The van der Waals surface area contributed by atoms with E-state index in [1.165, 1.54) is 103 Å². The first kappa shape index (κ1) is 53.3. The van der Waals surface area contributed by atoms with Gasteiger partial charge in [0.2, 0.25) is 0 Å². The van der Waals surface area contributed by atoms with Crippen molar-refractivity contribution in [2.24, 2.45) is 0 Å².